The number of hydrogen-bond acceptors (Lipinski definition) is 3. The summed E-state index contributed by atoms with van der Waals surface area (Å²) >= 11 is 0. The standard InChI is InChI=1S/C16H20N2O3/c19-15(20)10-18(9-11-1-2-11)16(21)13-4-3-12-5-6-17-8-14(12)7-13/h3-4,7,11,17H,1-2,5-6,8-10H2,(H,19,20). The van der Waals surface area contributed by atoms with Crippen molar-refractivity contribution in [2.24, 2.45) is 5.92 Å². The van der Waals surface area contributed by atoms with Gasteiger partial charge in [0, 0.05) is 18.7 Å². The van der Waals surface area contributed by atoms with Crippen molar-refractivity contribution >= 4 is 11.9 Å². The molecule has 0 radical (unpaired) electrons. The van der Waals surface area contributed by atoms with E-state index < -0.39 is 5.97 Å². The van der Waals surface area contributed by atoms with Gasteiger partial charge in [-0.25, -0.2) is 0 Å². The zero-order valence-corrected chi connectivity index (χ0v) is 12.0. The molecule has 2 N–H and O–H groups in total. The zero-order valence-electron chi connectivity index (χ0n) is 12.0. The van der Waals surface area contributed by atoms with Crippen molar-refractivity contribution < 1.29 is 14.7 Å². The number of rotatable bonds is 5. The van der Waals surface area contributed by atoms with E-state index in [0.29, 0.717) is 18.0 Å². The molecule has 1 amide bonds. The summed E-state index contributed by atoms with van der Waals surface area (Å²) in [6.45, 7) is 2.08. The van der Waals surface area contributed by atoms with Crippen molar-refractivity contribution in [1.29, 1.82) is 0 Å². The Morgan fingerprint density at radius 3 is 2.81 bits per heavy atom. The summed E-state index contributed by atoms with van der Waals surface area (Å²) in [6, 6.07) is 5.74. The van der Waals surface area contributed by atoms with Crippen LogP contribution in [0.4, 0.5) is 0 Å². The molecule has 0 saturated heterocycles. The van der Waals surface area contributed by atoms with E-state index in [9.17, 15) is 9.59 Å². The highest BCUT2D eigenvalue weighted by molar-refractivity contribution is 5.96. The zero-order chi connectivity index (χ0) is 14.8. The van der Waals surface area contributed by atoms with Gasteiger partial charge in [0.25, 0.3) is 5.91 Å². The predicted molar refractivity (Wildman–Crippen MR) is 78.1 cm³/mol. The summed E-state index contributed by atoms with van der Waals surface area (Å²) in [4.78, 5) is 25.0. The van der Waals surface area contributed by atoms with Gasteiger partial charge in [0.15, 0.2) is 0 Å². The lowest BCUT2D eigenvalue weighted by atomic mass is 9.98. The van der Waals surface area contributed by atoms with Crippen molar-refractivity contribution in [2.75, 3.05) is 19.6 Å². The number of nitrogens with zero attached hydrogens (tertiary/aromatic N) is 1. The van der Waals surface area contributed by atoms with E-state index in [2.05, 4.69) is 5.32 Å². The van der Waals surface area contributed by atoms with E-state index in [0.717, 1.165) is 37.9 Å². The van der Waals surface area contributed by atoms with Gasteiger partial charge in [-0.2, -0.15) is 0 Å². The second-order valence-corrected chi connectivity index (χ2v) is 5.93. The van der Waals surface area contributed by atoms with E-state index >= 15 is 0 Å². The Kier molecular flexibility index (Phi) is 3.92. The smallest absolute Gasteiger partial charge is 0.323 e. The number of nitrogens with one attached hydrogen (secondary N) is 1. The largest absolute Gasteiger partial charge is 0.480 e. The number of carbonyl (C=O) groups is 2. The Balaban J connectivity index is 1.79. The fraction of sp³-hybridized carbons (Fsp3) is 0.500. The molecule has 3 rings (SSSR count). The van der Waals surface area contributed by atoms with E-state index in [4.69, 9.17) is 5.11 Å². The summed E-state index contributed by atoms with van der Waals surface area (Å²) in [5.74, 6) is -0.645. The normalized spacial score (nSPS) is 17.1. The van der Waals surface area contributed by atoms with Gasteiger partial charge in [0.1, 0.15) is 6.54 Å². The number of carbonyl (C=O) groups excluding carboxylic acids is 1. The number of hydrogen-bond donors (Lipinski definition) is 2. The van der Waals surface area contributed by atoms with Crippen molar-refractivity contribution in [1.82, 2.24) is 10.2 Å². The molecule has 0 bridgehead atoms. The molecule has 5 nitrogen and oxygen atoms in total. The SMILES string of the molecule is O=C(O)CN(CC1CC1)C(=O)c1ccc2c(c1)CNCC2. The van der Waals surface area contributed by atoms with E-state index in [1.807, 2.05) is 18.2 Å². The maximum Gasteiger partial charge on any atom is 0.323 e. The Morgan fingerprint density at radius 2 is 2.10 bits per heavy atom. The van der Waals surface area contributed by atoms with Crippen LogP contribution in [0.15, 0.2) is 18.2 Å². The summed E-state index contributed by atoms with van der Waals surface area (Å²) in [5.41, 5.74) is 3.02. The van der Waals surface area contributed by atoms with Crippen molar-refractivity contribution in [3.63, 3.8) is 0 Å². The molecule has 112 valence electrons. The van der Waals surface area contributed by atoms with Crippen LogP contribution < -0.4 is 5.32 Å². The highest BCUT2D eigenvalue weighted by Gasteiger charge is 2.28. The number of benzene rings is 1. The van der Waals surface area contributed by atoms with Gasteiger partial charge in [-0.1, -0.05) is 6.07 Å². The van der Waals surface area contributed by atoms with E-state index in [1.165, 1.54) is 10.5 Å². The fourth-order valence-corrected chi connectivity index (χ4v) is 2.79. The minimum Gasteiger partial charge on any atom is -0.480 e. The molecule has 1 aliphatic heterocycles. The van der Waals surface area contributed by atoms with Crippen molar-refractivity contribution in [3.8, 4) is 0 Å². The van der Waals surface area contributed by atoms with Gasteiger partial charge in [-0.15, -0.1) is 0 Å². The number of amides is 1. The quantitative estimate of drug-likeness (QED) is 0.856. The highest BCUT2D eigenvalue weighted by Crippen LogP contribution is 2.30. The van der Waals surface area contributed by atoms with Gasteiger partial charge in [-0.3, -0.25) is 9.59 Å². The number of fused-ring (bicyclic) bond motifs is 1. The third kappa shape index (κ3) is 3.42. The van der Waals surface area contributed by atoms with Crippen LogP contribution in [0.3, 0.4) is 0 Å². The van der Waals surface area contributed by atoms with Crippen LogP contribution in [0.2, 0.25) is 0 Å². The first-order valence-corrected chi connectivity index (χ1v) is 7.47. The molecule has 2 aliphatic rings. The highest BCUT2D eigenvalue weighted by atomic mass is 16.4. The van der Waals surface area contributed by atoms with Gasteiger partial charge in [-0.05, 0) is 55.0 Å². The maximum atomic E-state index is 12.6. The van der Waals surface area contributed by atoms with Crippen LogP contribution in [-0.4, -0.2) is 41.5 Å². The summed E-state index contributed by atoms with van der Waals surface area (Å²) in [7, 11) is 0. The molecule has 1 aromatic carbocycles. The molecule has 0 aromatic heterocycles. The van der Waals surface area contributed by atoms with Crippen LogP contribution in [0, 0.1) is 5.92 Å². The minimum atomic E-state index is -0.955. The molecule has 0 atom stereocenters. The molecule has 0 unspecified atom stereocenters. The molecule has 21 heavy (non-hydrogen) atoms. The molecule has 1 saturated carbocycles. The van der Waals surface area contributed by atoms with Crippen LogP contribution >= 0.6 is 0 Å². The number of aliphatic carboxylic acids is 1. The fourth-order valence-electron chi connectivity index (χ4n) is 2.79. The molecule has 1 heterocycles. The molecule has 1 fully saturated rings. The van der Waals surface area contributed by atoms with Crippen molar-refractivity contribution in [3.05, 3.63) is 34.9 Å². The molecule has 1 aliphatic carbocycles. The maximum absolute atomic E-state index is 12.6. The first-order chi connectivity index (χ1) is 10.1. The lowest BCUT2D eigenvalue weighted by Gasteiger charge is -2.22. The Hall–Kier alpha value is -1.88. The molecule has 1 aromatic rings. The Bertz CT molecular complexity index is 567. The topological polar surface area (TPSA) is 69.6 Å². The van der Waals surface area contributed by atoms with E-state index in [-0.39, 0.29) is 12.5 Å². The van der Waals surface area contributed by atoms with Crippen LogP contribution in [0.5, 0.6) is 0 Å². The monoisotopic (exact) mass is 288 g/mol. The van der Waals surface area contributed by atoms with Crippen LogP contribution in [0.25, 0.3) is 0 Å². The van der Waals surface area contributed by atoms with Gasteiger partial charge in [0.05, 0.1) is 0 Å². The molecule has 5 heteroatoms. The van der Waals surface area contributed by atoms with Gasteiger partial charge in [0.2, 0.25) is 0 Å². The average Bonchev–Trinajstić information content (AvgIpc) is 3.29. The second kappa shape index (κ2) is 5.85. The number of carboxylic acids is 1. The summed E-state index contributed by atoms with van der Waals surface area (Å²) < 4.78 is 0. The predicted octanol–water partition coefficient (Wildman–Crippen LogP) is 1.27. The molecular weight excluding hydrogens is 268 g/mol. The lowest BCUT2D eigenvalue weighted by Crippen LogP contribution is -2.37. The summed E-state index contributed by atoms with van der Waals surface area (Å²) in [5, 5.41) is 12.3. The van der Waals surface area contributed by atoms with E-state index in [1.54, 1.807) is 0 Å². The molecular formula is C16H20N2O3. The van der Waals surface area contributed by atoms with Gasteiger partial charge < -0.3 is 15.3 Å². The third-order valence-corrected chi connectivity index (χ3v) is 4.13. The molecule has 0 spiro atoms. The second-order valence-electron chi connectivity index (χ2n) is 5.93. The average molecular weight is 288 g/mol. The first-order valence-electron chi connectivity index (χ1n) is 7.47. The minimum absolute atomic E-state index is 0.169. The Morgan fingerprint density at radius 1 is 1.29 bits per heavy atom. The van der Waals surface area contributed by atoms with Crippen LogP contribution in [-0.2, 0) is 17.8 Å². The van der Waals surface area contributed by atoms with Gasteiger partial charge >= 0.3 is 5.97 Å². The van der Waals surface area contributed by atoms with Crippen LogP contribution in [0.1, 0.15) is 34.3 Å². The number of carboxylic acid groups (broad SMARTS) is 1. The summed E-state index contributed by atoms with van der Waals surface area (Å²) in [6.07, 6.45) is 3.17. The first kappa shape index (κ1) is 14.1. The van der Waals surface area contributed by atoms with Crippen molar-refractivity contribution in [2.45, 2.75) is 25.8 Å². The Labute approximate surface area is 123 Å². The third-order valence-electron chi connectivity index (χ3n) is 4.13. The lowest BCUT2D eigenvalue weighted by molar-refractivity contribution is -0.137.